The highest BCUT2D eigenvalue weighted by atomic mass is 32.2. The summed E-state index contributed by atoms with van der Waals surface area (Å²) in [5, 5.41) is 9.27. The largest absolute Gasteiger partial charge is 0.393 e. The van der Waals surface area contributed by atoms with Crippen LogP contribution in [0.3, 0.4) is 0 Å². The van der Waals surface area contributed by atoms with Gasteiger partial charge in [-0.3, -0.25) is 4.18 Å². The van der Waals surface area contributed by atoms with Gasteiger partial charge in [0.1, 0.15) is 0 Å². The van der Waals surface area contributed by atoms with Gasteiger partial charge in [-0.15, -0.1) is 0 Å². The van der Waals surface area contributed by atoms with Crippen molar-refractivity contribution in [2.75, 3.05) is 12.9 Å². The third kappa shape index (κ3) is 6.98. The number of rotatable bonds is 6. The van der Waals surface area contributed by atoms with Crippen molar-refractivity contribution in [3.8, 4) is 0 Å². The maximum atomic E-state index is 10.7. The van der Waals surface area contributed by atoms with Gasteiger partial charge in [-0.25, -0.2) is 0 Å². The summed E-state index contributed by atoms with van der Waals surface area (Å²) in [6, 6.07) is 0. The van der Waals surface area contributed by atoms with Crippen molar-refractivity contribution in [2.24, 2.45) is 5.92 Å². The lowest BCUT2D eigenvalue weighted by molar-refractivity contribution is 0.0857. The molecule has 0 rings (SSSR count). The van der Waals surface area contributed by atoms with E-state index in [2.05, 4.69) is 4.18 Å². The van der Waals surface area contributed by atoms with Crippen LogP contribution in [0.1, 0.15) is 26.7 Å². The average Bonchev–Trinajstić information content (AvgIpc) is 1.95. The van der Waals surface area contributed by atoms with Gasteiger partial charge in [0.05, 0.1) is 19.0 Å². The maximum Gasteiger partial charge on any atom is 0.264 e. The second-order valence-electron chi connectivity index (χ2n) is 3.28. The highest BCUT2D eigenvalue weighted by Crippen LogP contribution is 2.12. The molecule has 0 aromatic rings. The summed E-state index contributed by atoms with van der Waals surface area (Å²) >= 11 is 0. The molecule has 13 heavy (non-hydrogen) atoms. The van der Waals surface area contributed by atoms with Crippen molar-refractivity contribution < 1.29 is 17.7 Å². The van der Waals surface area contributed by atoms with Crippen LogP contribution in [0, 0.1) is 5.92 Å². The number of aliphatic hydroxyl groups excluding tert-OH is 1. The molecule has 0 heterocycles. The Morgan fingerprint density at radius 3 is 2.31 bits per heavy atom. The first-order valence-corrected chi connectivity index (χ1v) is 6.21. The Morgan fingerprint density at radius 2 is 2.00 bits per heavy atom. The number of aliphatic hydroxyl groups is 1. The second kappa shape index (κ2) is 5.57. The van der Waals surface area contributed by atoms with Gasteiger partial charge in [0.15, 0.2) is 0 Å². The summed E-state index contributed by atoms with van der Waals surface area (Å²) in [5.74, 6) is -0.0975. The van der Waals surface area contributed by atoms with Crippen molar-refractivity contribution in [1.29, 1.82) is 0 Å². The van der Waals surface area contributed by atoms with Crippen LogP contribution in [0.4, 0.5) is 0 Å². The summed E-state index contributed by atoms with van der Waals surface area (Å²) in [6.45, 7) is 3.70. The van der Waals surface area contributed by atoms with Gasteiger partial charge in [-0.1, -0.05) is 13.3 Å². The van der Waals surface area contributed by atoms with Crippen LogP contribution in [0.5, 0.6) is 0 Å². The molecule has 5 heteroatoms. The van der Waals surface area contributed by atoms with Crippen molar-refractivity contribution in [2.45, 2.75) is 32.8 Å². The summed E-state index contributed by atoms with van der Waals surface area (Å²) < 4.78 is 25.9. The Balaban J connectivity index is 3.97. The van der Waals surface area contributed by atoms with Gasteiger partial charge in [-0.2, -0.15) is 8.42 Å². The van der Waals surface area contributed by atoms with Gasteiger partial charge < -0.3 is 5.11 Å². The Morgan fingerprint density at radius 1 is 1.46 bits per heavy atom. The molecule has 0 spiro atoms. The van der Waals surface area contributed by atoms with Crippen molar-refractivity contribution in [3.05, 3.63) is 0 Å². The maximum absolute atomic E-state index is 10.7. The van der Waals surface area contributed by atoms with Gasteiger partial charge in [0.25, 0.3) is 10.1 Å². The fourth-order valence-corrected chi connectivity index (χ4v) is 1.47. The lowest BCUT2D eigenvalue weighted by atomic mass is 10.00. The average molecular weight is 210 g/mol. The minimum Gasteiger partial charge on any atom is -0.393 e. The van der Waals surface area contributed by atoms with E-state index < -0.39 is 16.2 Å². The molecule has 4 nitrogen and oxygen atoms in total. The van der Waals surface area contributed by atoms with E-state index in [0.29, 0.717) is 0 Å². The molecule has 0 aliphatic rings. The highest BCUT2D eigenvalue weighted by molar-refractivity contribution is 7.85. The minimum atomic E-state index is -3.38. The number of hydrogen-bond acceptors (Lipinski definition) is 4. The van der Waals surface area contributed by atoms with Crippen LogP contribution in [0.25, 0.3) is 0 Å². The standard InChI is InChI=1S/C8H18O4S/c1-4-5-8(7(2)9)6-12-13(3,10)11/h7-9H,4-6H2,1-3H3. The fourth-order valence-electron chi connectivity index (χ4n) is 1.05. The third-order valence-corrected chi connectivity index (χ3v) is 2.40. The molecular weight excluding hydrogens is 192 g/mol. The van der Waals surface area contributed by atoms with Gasteiger partial charge >= 0.3 is 0 Å². The molecule has 0 saturated carbocycles. The van der Waals surface area contributed by atoms with Crippen LogP contribution in [0.2, 0.25) is 0 Å². The molecular formula is C8H18O4S. The Kier molecular flexibility index (Phi) is 5.51. The van der Waals surface area contributed by atoms with E-state index in [-0.39, 0.29) is 12.5 Å². The lowest BCUT2D eigenvalue weighted by Crippen LogP contribution is -2.23. The molecule has 0 amide bonds. The zero-order chi connectivity index (χ0) is 10.5. The molecule has 0 fully saturated rings. The second-order valence-corrected chi connectivity index (χ2v) is 4.92. The van der Waals surface area contributed by atoms with Crippen molar-refractivity contribution in [1.82, 2.24) is 0 Å². The topological polar surface area (TPSA) is 63.6 Å². The van der Waals surface area contributed by atoms with E-state index in [4.69, 9.17) is 0 Å². The zero-order valence-electron chi connectivity index (χ0n) is 8.36. The van der Waals surface area contributed by atoms with Crippen LogP contribution in [-0.2, 0) is 14.3 Å². The Bertz CT molecular complexity index is 220. The lowest BCUT2D eigenvalue weighted by Gasteiger charge is -2.17. The Labute approximate surface area is 80.0 Å². The summed E-state index contributed by atoms with van der Waals surface area (Å²) in [5.41, 5.74) is 0. The predicted molar refractivity (Wildman–Crippen MR) is 50.9 cm³/mol. The molecule has 0 aliphatic heterocycles. The summed E-state index contributed by atoms with van der Waals surface area (Å²) in [4.78, 5) is 0. The van der Waals surface area contributed by atoms with E-state index in [1.807, 2.05) is 6.92 Å². The molecule has 0 saturated heterocycles. The monoisotopic (exact) mass is 210 g/mol. The SMILES string of the molecule is CCCC(COS(C)(=O)=O)C(C)O. The first kappa shape index (κ1) is 12.9. The fraction of sp³-hybridized carbons (Fsp3) is 1.00. The van der Waals surface area contributed by atoms with E-state index >= 15 is 0 Å². The van der Waals surface area contributed by atoms with E-state index in [1.54, 1.807) is 6.92 Å². The molecule has 80 valence electrons. The Hall–Kier alpha value is -0.130. The first-order chi connectivity index (χ1) is 5.87. The van der Waals surface area contributed by atoms with Crippen LogP contribution >= 0.6 is 0 Å². The normalized spacial score (nSPS) is 16.9. The van der Waals surface area contributed by atoms with Crippen LogP contribution < -0.4 is 0 Å². The van der Waals surface area contributed by atoms with E-state index in [1.165, 1.54) is 0 Å². The highest BCUT2D eigenvalue weighted by Gasteiger charge is 2.16. The van der Waals surface area contributed by atoms with E-state index in [9.17, 15) is 13.5 Å². The van der Waals surface area contributed by atoms with Crippen molar-refractivity contribution >= 4 is 10.1 Å². The summed E-state index contributed by atoms with van der Waals surface area (Å²) in [7, 11) is -3.38. The molecule has 1 N–H and O–H groups in total. The smallest absolute Gasteiger partial charge is 0.264 e. The summed E-state index contributed by atoms with van der Waals surface area (Å²) in [6.07, 6.45) is 2.16. The zero-order valence-corrected chi connectivity index (χ0v) is 9.17. The van der Waals surface area contributed by atoms with Crippen LogP contribution in [0.15, 0.2) is 0 Å². The minimum absolute atomic E-state index is 0.0737. The van der Waals surface area contributed by atoms with Crippen molar-refractivity contribution in [3.63, 3.8) is 0 Å². The predicted octanol–water partition coefficient (Wildman–Crippen LogP) is 0.760. The molecule has 0 aromatic heterocycles. The first-order valence-electron chi connectivity index (χ1n) is 4.39. The number of hydrogen-bond donors (Lipinski definition) is 1. The van der Waals surface area contributed by atoms with Gasteiger partial charge in [0, 0.05) is 5.92 Å². The van der Waals surface area contributed by atoms with E-state index in [0.717, 1.165) is 19.1 Å². The molecule has 2 atom stereocenters. The molecule has 0 aromatic carbocycles. The van der Waals surface area contributed by atoms with Crippen LogP contribution in [-0.4, -0.2) is 32.5 Å². The molecule has 0 radical (unpaired) electrons. The third-order valence-electron chi connectivity index (χ3n) is 1.84. The molecule has 2 unspecified atom stereocenters. The molecule has 0 bridgehead atoms. The quantitative estimate of drug-likeness (QED) is 0.657. The van der Waals surface area contributed by atoms with Gasteiger partial charge in [-0.05, 0) is 13.3 Å². The van der Waals surface area contributed by atoms with Gasteiger partial charge in [0.2, 0.25) is 0 Å². The molecule has 0 aliphatic carbocycles.